The SMILES string of the molecule is COCCOCOCCc1cc(C(=O)O)sc1-c1cccs1. The van der Waals surface area contributed by atoms with E-state index in [1.165, 1.54) is 11.3 Å². The molecule has 7 heteroatoms. The van der Waals surface area contributed by atoms with Crippen molar-refractivity contribution in [2.24, 2.45) is 0 Å². The fourth-order valence-electron chi connectivity index (χ4n) is 1.84. The first-order valence-corrected chi connectivity index (χ1v) is 8.46. The van der Waals surface area contributed by atoms with Crippen LogP contribution in [0.15, 0.2) is 23.6 Å². The fourth-order valence-corrected chi connectivity index (χ4v) is 3.77. The molecule has 2 aromatic heterocycles. The second kappa shape index (κ2) is 9.02. The highest BCUT2D eigenvalue weighted by Crippen LogP contribution is 2.36. The minimum Gasteiger partial charge on any atom is -0.477 e. The van der Waals surface area contributed by atoms with Gasteiger partial charge in [-0.1, -0.05) is 6.07 Å². The molecule has 0 bridgehead atoms. The van der Waals surface area contributed by atoms with Crippen LogP contribution in [0.25, 0.3) is 9.75 Å². The second-order valence-corrected chi connectivity index (χ2v) is 6.42. The molecule has 0 aliphatic carbocycles. The quantitative estimate of drug-likeness (QED) is 0.530. The number of hydrogen-bond donors (Lipinski definition) is 1. The summed E-state index contributed by atoms with van der Waals surface area (Å²) in [4.78, 5) is 13.6. The Morgan fingerprint density at radius 3 is 2.77 bits per heavy atom. The summed E-state index contributed by atoms with van der Waals surface area (Å²) in [6, 6.07) is 5.70. The van der Waals surface area contributed by atoms with Crippen molar-refractivity contribution in [2.75, 3.05) is 33.7 Å². The highest BCUT2D eigenvalue weighted by molar-refractivity contribution is 7.22. The third-order valence-electron chi connectivity index (χ3n) is 2.88. The van der Waals surface area contributed by atoms with Crippen LogP contribution in [-0.2, 0) is 20.6 Å². The smallest absolute Gasteiger partial charge is 0.345 e. The van der Waals surface area contributed by atoms with E-state index < -0.39 is 5.97 Å². The van der Waals surface area contributed by atoms with Gasteiger partial charge in [-0.2, -0.15) is 0 Å². The van der Waals surface area contributed by atoms with Crippen LogP contribution in [0.1, 0.15) is 15.2 Å². The predicted molar refractivity (Wildman–Crippen MR) is 86.9 cm³/mol. The van der Waals surface area contributed by atoms with E-state index in [2.05, 4.69) is 0 Å². The Balaban J connectivity index is 1.91. The van der Waals surface area contributed by atoms with Gasteiger partial charge in [-0.25, -0.2) is 4.79 Å². The van der Waals surface area contributed by atoms with Gasteiger partial charge in [0, 0.05) is 16.9 Å². The van der Waals surface area contributed by atoms with Crippen LogP contribution in [0.5, 0.6) is 0 Å². The Morgan fingerprint density at radius 1 is 1.27 bits per heavy atom. The summed E-state index contributed by atoms with van der Waals surface area (Å²) in [7, 11) is 1.62. The molecule has 0 unspecified atom stereocenters. The number of thiophene rings is 2. The Morgan fingerprint density at radius 2 is 2.09 bits per heavy atom. The van der Waals surface area contributed by atoms with Gasteiger partial charge in [-0.3, -0.25) is 0 Å². The molecule has 0 saturated carbocycles. The van der Waals surface area contributed by atoms with Crippen molar-refractivity contribution in [2.45, 2.75) is 6.42 Å². The molecular formula is C15H18O5S2. The van der Waals surface area contributed by atoms with Gasteiger partial charge in [0.25, 0.3) is 0 Å². The zero-order valence-corrected chi connectivity index (χ0v) is 13.9. The van der Waals surface area contributed by atoms with Crippen LogP contribution in [-0.4, -0.2) is 44.8 Å². The predicted octanol–water partition coefficient (Wildman–Crippen LogP) is 3.35. The minimum absolute atomic E-state index is 0.216. The number of carbonyl (C=O) groups is 1. The number of hydrogen-bond acceptors (Lipinski definition) is 6. The molecule has 2 rings (SSSR count). The topological polar surface area (TPSA) is 65.0 Å². The summed E-state index contributed by atoms with van der Waals surface area (Å²) in [5.41, 5.74) is 1.00. The van der Waals surface area contributed by atoms with Crippen LogP contribution in [0, 0.1) is 0 Å². The standard InChI is InChI=1S/C15H18O5S2/c1-18-6-7-20-10-19-5-4-11-9-13(15(16)17)22-14(11)12-3-2-8-21-12/h2-3,8-9H,4-7,10H2,1H3,(H,16,17). The van der Waals surface area contributed by atoms with Crippen LogP contribution >= 0.6 is 22.7 Å². The lowest BCUT2D eigenvalue weighted by atomic mass is 10.1. The van der Waals surface area contributed by atoms with E-state index >= 15 is 0 Å². The fraction of sp³-hybridized carbons (Fsp3) is 0.400. The largest absolute Gasteiger partial charge is 0.477 e. The van der Waals surface area contributed by atoms with E-state index in [0.717, 1.165) is 15.3 Å². The Hall–Kier alpha value is -1.25. The van der Waals surface area contributed by atoms with E-state index in [9.17, 15) is 4.79 Å². The van der Waals surface area contributed by atoms with E-state index in [0.29, 0.717) is 31.1 Å². The maximum Gasteiger partial charge on any atom is 0.345 e. The molecule has 2 heterocycles. The Bertz CT molecular complexity index is 577. The van der Waals surface area contributed by atoms with Gasteiger partial charge in [0.05, 0.1) is 19.8 Å². The Kier molecular flexibility index (Phi) is 7.01. The molecule has 120 valence electrons. The minimum atomic E-state index is -0.891. The van der Waals surface area contributed by atoms with E-state index in [1.54, 1.807) is 24.5 Å². The lowest BCUT2D eigenvalue weighted by molar-refractivity contribution is -0.0647. The molecule has 0 atom stereocenters. The van der Waals surface area contributed by atoms with Crippen LogP contribution < -0.4 is 0 Å². The highest BCUT2D eigenvalue weighted by Gasteiger charge is 2.15. The summed E-state index contributed by atoms with van der Waals surface area (Å²) in [6.45, 7) is 1.74. The van der Waals surface area contributed by atoms with Gasteiger partial charge in [-0.15, -0.1) is 22.7 Å². The van der Waals surface area contributed by atoms with Gasteiger partial charge in [-0.05, 0) is 29.5 Å². The molecule has 0 saturated heterocycles. The van der Waals surface area contributed by atoms with Crippen molar-refractivity contribution in [3.8, 4) is 9.75 Å². The average molecular weight is 342 g/mol. The molecule has 0 aliphatic heterocycles. The molecular weight excluding hydrogens is 324 g/mol. The molecule has 22 heavy (non-hydrogen) atoms. The van der Waals surface area contributed by atoms with Crippen LogP contribution in [0.3, 0.4) is 0 Å². The summed E-state index contributed by atoms with van der Waals surface area (Å²) in [5, 5.41) is 11.1. The molecule has 0 amide bonds. The van der Waals surface area contributed by atoms with E-state index in [-0.39, 0.29) is 6.79 Å². The van der Waals surface area contributed by atoms with E-state index in [4.69, 9.17) is 19.3 Å². The summed E-state index contributed by atoms with van der Waals surface area (Å²) in [5.74, 6) is -0.891. The molecule has 1 N–H and O–H groups in total. The lowest BCUT2D eigenvalue weighted by Crippen LogP contribution is -2.07. The third kappa shape index (κ3) is 4.89. The van der Waals surface area contributed by atoms with Crippen molar-refractivity contribution < 1.29 is 24.1 Å². The normalized spacial score (nSPS) is 11.0. The molecule has 2 aromatic rings. The molecule has 0 aliphatic rings. The molecule has 0 fully saturated rings. The van der Waals surface area contributed by atoms with Gasteiger partial charge in [0.15, 0.2) is 0 Å². The van der Waals surface area contributed by atoms with Crippen LogP contribution in [0.2, 0.25) is 0 Å². The van der Waals surface area contributed by atoms with Gasteiger partial charge >= 0.3 is 5.97 Å². The Labute approximate surface area is 137 Å². The molecule has 0 spiro atoms. The van der Waals surface area contributed by atoms with Crippen molar-refractivity contribution in [1.82, 2.24) is 0 Å². The monoisotopic (exact) mass is 342 g/mol. The van der Waals surface area contributed by atoms with Gasteiger partial charge < -0.3 is 19.3 Å². The van der Waals surface area contributed by atoms with Crippen LogP contribution in [0.4, 0.5) is 0 Å². The summed E-state index contributed by atoms with van der Waals surface area (Å²) >= 11 is 2.91. The molecule has 0 radical (unpaired) electrons. The average Bonchev–Trinajstić information content (AvgIpc) is 3.15. The van der Waals surface area contributed by atoms with Crippen molar-refractivity contribution in [1.29, 1.82) is 0 Å². The number of ether oxygens (including phenoxy) is 3. The second-order valence-electron chi connectivity index (χ2n) is 4.42. The molecule has 0 aromatic carbocycles. The van der Waals surface area contributed by atoms with Crippen molar-refractivity contribution in [3.63, 3.8) is 0 Å². The zero-order valence-electron chi connectivity index (χ0n) is 12.2. The number of carboxylic acids is 1. The first-order valence-electron chi connectivity index (χ1n) is 6.76. The lowest BCUT2D eigenvalue weighted by Gasteiger charge is -2.05. The van der Waals surface area contributed by atoms with Crippen molar-refractivity contribution in [3.05, 3.63) is 34.0 Å². The number of rotatable bonds is 10. The van der Waals surface area contributed by atoms with E-state index in [1.807, 2.05) is 17.5 Å². The van der Waals surface area contributed by atoms with Gasteiger partial charge in [0.2, 0.25) is 0 Å². The maximum atomic E-state index is 11.2. The molecule has 5 nitrogen and oxygen atoms in total. The number of carboxylic acid groups (broad SMARTS) is 1. The maximum absolute atomic E-state index is 11.2. The number of methoxy groups -OCH3 is 1. The number of aromatic carboxylic acids is 1. The zero-order chi connectivity index (χ0) is 15.8. The third-order valence-corrected chi connectivity index (χ3v) is 5.09. The summed E-state index contributed by atoms with van der Waals surface area (Å²) in [6.07, 6.45) is 0.657. The highest BCUT2D eigenvalue weighted by atomic mass is 32.1. The first kappa shape index (κ1) is 17.1. The van der Waals surface area contributed by atoms with Gasteiger partial charge in [0.1, 0.15) is 11.7 Å². The first-order chi connectivity index (χ1) is 10.7. The summed E-state index contributed by atoms with van der Waals surface area (Å²) < 4.78 is 15.5. The van der Waals surface area contributed by atoms with Crippen molar-refractivity contribution >= 4 is 28.6 Å².